The van der Waals surface area contributed by atoms with Gasteiger partial charge in [0.05, 0.1) is 11.7 Å². The van der Waals surface area contributed by atoms with Crippen molar-refractivity contribution in [2.24, 2.45) is 11.5 Å². The molecule has 5 nitrogen and oxygen atoms in total. The Hall–Kier alpha value is -1.66. The highest BCUT2D eigenvalue weighted by Gasteiger charge is 2.21. The molecule has 1 aliphatic heterocycles. The average Bonchev–Trinajstić information content (AvgIpc) is 2.40. The van der Waals surface area contributed by atoms with E-state index in [1.807, 2.05) is 11.0 Å². The largest absolute Gasteiger partial charge is 0.368 e. The van der Waals surface area contributed by atoms with Crippen LogP contribution in [-0.4, -0.2) is 49.6 Å². The SMILES string of the molecule is NC(=O)C(N)CN1CCN(c2ccccc2F)CC1. The van der Waals surface area contributed by atoms with Gasteiger partial charge in [0.1, 0.15) is 5.82 Å². The Labute approximate surface area is 112 Å². The summed E-state index contributed by atoms with van der Waals surface area (Å²) in [4.78, 5) is 15.0. The molecule has 4 N–H and O–H groups in total. The second-order valence-corrected chi connectivity index (χ2v) is 4.75. The van der Waals surface area contributed by atoms with Gasteiger partial charge in [-0.05, 0) is 12.1 Å². The highest BCUT2D eigenvalue weighted by atomic mass is 19.1. The monoisotopic (exact) mass is 266 g/mol. The third kappa shape index (κ3) is 3.42. The van der Waals surface area contributed by atoms with Crippen LogP contribution in [0.15, 0.2) is 24.3 Å². The molecule has 104 valence electrons. The molecule has 0 spiro atoms. The fourth-order valence-corrected chi connectivity index (χ4v) is 2.25. The number of benzene rings is 1. The van der Waals surface area contributed by atoms with E-state index >= 15 is 0 Å². The van der Waals surface area contributed by atoms with E-state index in [0.29, 0.717) is 25.3 Å². The summed E-state index contributed by atoms with van der Waals surface area (Å²) in [6, 6.07) is 6.11. The molecule has 0 aliphatic carbocycles. The maximum atomic E-state index is 13.7. The number of nitrogens with two attached hydrogens (primary N) is 2. The molecule has 0 saturated carbocycles. The molecular weight excluding hydrogens is 247 g/mol. The van der Waals surface area contributed by atoms with Gasteiger partial charge in [0.15, 0.2) is 0 Å². The van der Waals surface area contributed by atoms with Gasteiger partial charge in [0.25, 0.3) is 0 Å². The van der Waals surface area contributed by atoms with Crippen molar-refractivity contribution in [2.75, 3.05) is 37.6 Å². The minimum Gasteiger partial charge on any atom is -0.368 e. The van der Waals surface area contributed by atoms with Crippen LogP contribution >= 0.6 is 0 Å². The third-order valence-corrected chi connectivity index (χ3v) is 3.39. The van der Waals surface area contributed by atoms with Gasteiger partial charge in [0, 0.05) is 32.7 Å². The first kappa shape index (κ1) is 13.8. The zero-order chi connectivity index (χ0) is 13.8. The molecule has 1 unspecified atom stereocenters. The standard InChI is InChI=1S/C13H19FN4O/c14-10-3-1-2-4-12(10)18-7-5-17(6-8-18)9-11(15)13(16)19/h1-4,11H,5-9,15H2,(H2,16,19). The van der Waals surface area contributed by atoms with E-state index in [-0.39, 0.29) is 5.82 Å². The minimum atomic E-state index is -0.639. The molecule has 1 heterocycles. The van der Waals surface area contributed by atoms with Crippen molar-refractivity contribution in [3.8, 4) is 0 Å². The van der Waals surface area contributed by atoms with Crippen LogP contribution in [0.1, 0.15) is 0 Å². The van der Waals surface area contributed by atoms with E-state index in [2.05, 4.69) is 4.90 Å². The van der Waals surface area contributed by atoms with Crippen LogP contribution in [0.25, 0.3) is 0 Å². The summed E-state index contributed by atoms with van der Waals surface area (Å²) in [6.45, 7) is 3.38. The Morgan fingerprint density at radius 3 is 2.47 bits per heavy atom. The van der Waals surface area contributed by atoms with Crippen molar-refractivity contribution in [3.05, 3.63) is 30.1 Å². The van der Waals surface area contributed by atoms with Gasteiger partial charge in [-0.2, -0.15) is 0 Å². The van der Waals surface area contributed by atoms with Crippen molar-refractivity contribution in [1.29, 1.82) is 0 Å². The fraction of sp³-hybridized carbons (Fsp3) is 0.462. The van der Waals surface area contributed by atoms with Gasteiger partial charge in [-0.25, -0.2) is 4.39 Å². The van der Waals surface area contributed by atoms with E-state index < -0.39 is 11.9 Å². The number of nitrogens with zero attached hydrogens (tertiary/aromatic N) is 2. The van der Waals surface area contributed by atoms with Gasteiger partial charge in [-0.3, -0.25) is 9.69 Å². The van der Waals surface area contributed by atoms with Crippen LogP contribution in [0.3, 0.4) is 0 Å². The maximum absolute atomic E-state index is 13.7. The smallest absolute Gasteiger partial charge is 0.235 e. The van der Waals surface area contributed by atoms with Gasteiger partial charge in [-0.15, -0.1) is 0 Å². The first-order valence-corrected chi connectivity index (χ1v) is 6.34. The van der Waals surface area contributed by atoms with E-state index in [0.717, 1.165) is 13.1 Å². The highest BCUT2D eigenvalue weighted by Crippen LogP contribution is 2.19. The quantitative estimate of drug-likeness (QED) is 0.788. The molecule has 1 amide bonds. The van der Waals surface area contributed by atoms with Crippen LogP contribution < -0.4 is 16.4 Å². The van der Waals surface area contributed by atoms with Crippen molar-refractivity contribution in [2.45, 2.75) is 6.04 Å². The minimum absolute atomic E-state index is 0.204. The van der Waals surface area contributed by atoms with Crippen LogP contribution in [0.5, 0.6) is 0 Å². The molecule has 19 heavy (non-hydrogen) atoms. The summed E-state index contributed by atoms with van der Waals surface area (Å²) in [7, 11) is 0. The van der Waals surface area contributed by atoms with Gasteiger partial charge in [-0.1, -0.05) is 12.1 Å². The number of hydrogen-bond donors (Lipinski definition) is 2. The zero-order valence-electron chi connectivity index (χ0n) is 10.8. The molecule has 1 atom stereocenters. The summed E-state index contributed by atoms with van der Waals surface area (Å²) in [5, 5.41) is 0. The van der Waals surface area contributed by atoms with Gasteiger partial charge >= 0.3 is 0 Å². The summed E-state index contributed by atoms with van der Waals surface area (Å²) in [5.74, 6) is -0.693. The van der Waals surface area contributed by atoms with Crippen LogP contribution in [0.4, 0.5) is 10.1 Å². The van der Waals surface area contributed by atoms with Crippen molar-refractivity contribution in [3.63, 3.8) is 0 Å². The molecule has 1 aromatic rings. The first-order chi connectivity index (χ1) is 9.08. The Morgan fingerprint density at radius 2 is 1.89 bits per heavy atom. The molecule has 0 bridgehead atoms. The number of anilines is 1. The number of piperazine rings is 1. The number of hydrogen-bond acceptors (Lipinski definition) is 4. The molecule has 0 aromatic heterocycles. The number of primary amides is 1. The van der Waals surface area contributed by atoms with Gasteiger partial charge in [0.2, 0.25) is 5.91 Å². The molecule has 1 aliphatic rings. The average molecular weight is 266 g/mol. The highest BCUT2D eigenvalue weighted by molar-refractivity contribution is 5.79. The number of carbonyl (C=O) groups excluding carboxylic acids is 1. The van der Waals surface area contributed by atoms with Crippen LogP contribution in [0.2, 0.25) is 0 Å². The number of halogens is 1. The summed E-state index contributed by atoms with van der Waals surface area (Å²) < 4.78 is 13.7. The third-order valence-electron chi connectivity index (χ3n) is 3.39. The summed E-state index contributed by atoms with van der Waals surface area (Å²) >= 11 is 0. The van der Waals surface area contributed by atoms with Crippen molar-refractivity contribution >= 4 is 11.6 Å². The molecule has 6 heteroatoms. The van der Waals surface area contributed by atoms with E-state index in [1.165, 1.54) is 6.07 Å². The van der Waals surface area contributed by atoms with Crippen molar-refractivity contribution in [1.82, 2.24) is 4.90 Å². The topological polar surface area (TPSA) is 75.6 Å². The number of carbonyl (C=O) groups is 1. The molecular formula is C13H19FN4O. The number of rotatable bonds is 4. The summed E-state index contributed by atoms with van der Waals surface area (Å²) in [5.41, 5.74) is 11.4. The second kappa shape index (κ2) is 5.99. The van der Waals surface area contributed by atoms with E-state index in [1.54, 1.807) is 12.1 Å². The fourth-order valence-electron chi connectivity index (χ4n) is 2.25. The lowest BCUT2D eigenvalue weighted by Crippen LogP contribution is -2.52. The van der Waals surface area contributed by atoms with E-state index in [9.17, 15) is 9.18 Å². The Morgan fingerprint density at radius 1 is 1.26 bits per heavy atom. The predicted octanol–water partition coefficient (Wildman–Crippen LogP) is -0.240. The van der Waals surface area contributed by atoms with Crippen molar-refractivity contribution < 1.29 is 9.18 Å². The zero-order valence-corrected chi connectivity index (χ0v) is 10.8. The Bertz CT molecular complexity index is 446. The second-order valence-electron chi connectivity index (χ2n) is 4.75. The first-order valence-electron chi connectivity index (χ1n) is 6.34. The predicted molar refractivity (Wildman–Crippen MR) is 72.2 cm³/mol. The lowest BCUT2D eigenvalue weighted by Gasteiger charge is -2.36. The number of para-hydroxylation sites is 1. The molecule has 1 aromatic carbocycles. The van der Waals surface area contributed by atoms with Crippen LogP contribution in [-0.2, 0) is 4.79 Å². The lowest BCUT2D eigenvalue weighted by molar-refractivity contribution is -0.119. The number of amides is 1. The van der Waals surface area contributed by atoms with Crippen LogP contribution in [0, 0.1) is 5.82 Å². The van der Waals surface area contributed by atoms with Gasteiger partial charge < -0.3 is 16.4 Å². The Balaban J connectivity index is 1.89. The lowest BCUT2D eigenvalue weighted by atomic mass is 10.2. The molecule has 2 rings (SSSR count). The maximum Gasteiger partial charge on any atom is 0.235 e. The Kier molecular flexibility index (Phi) is 4.34. The molecule has 1 saturated heterocycles. The summed E-state index contributed by atoms with van der Waals surface area (Å²) in [6.07, 6.45) is 0. The normalized spacial score (nSPS) is 18.3. The molecule has 0 radical (unpaired) electrons. The van der Waals surface area contributed by atoms with E-state index in [4.69, 9.17) is 11.5 Å². The molecule has 1 fully saturated rings.